The maximum atomic E-state index is 12.3. The first kappa shape index (κ1) is 15.9. The number of anilines is 1. The van der Waals surface area contributed by atoms with Crippen LogP contribution in [0.3, 0.4) is 0 Å². The summed E-state index contributed by atoms with van der Waals surface area (Å²) in [7, 11) is 0. The van der Waals surface area contributed by atoms with Crippen molar-refractivity contribution in [3.63, 3.8) is 0 Å². The van der Waals surface area contributed by atoms with E-state index in [-0.39, 0.29) is 12.3 Å². The first-order valence-electron chi connectivity index (χ1n) is 7.84. The fraction of sp³-hybridized carbons (Fsp3) is 0.105. The molecule has 2 aromatic carbocycles. The van der Waals surface area contributed by atoms with Crippen molar-refractivity contribution in [2.75, 3.05) is 5.32 Å². The number of hydrogen-bond acceptors (Lipinski definition) is 5. The van der Waals surface area contributed by atoms with Crippen LogP contribution in [0.5, 0.6) is 0 Å². The van der Waals surface area contributed by atoms with Crippen LogP contribution in [-0.2, 0) is 11.2 Å². The van der Waals surface area contributed by atoms with Gasteiger partial charge in [-0.15, -0.1) is 11.3 Å². The monoisotopic (exact) mass is 365 g/mol. The number of fused-ring (bicyclic) bond motifs is 1. The fourth-order valence-electron chi connectivity index (χ4n) is 2.55. The zero-order valence-electron chi connectivity index (χ0n) is 13.5. The standard InChI is InChI=1S/C19H15N3OS2/c1-12-5-4-6-13(9-12)18-20-14(11-24-18)10-17(23)22-19-21-15-7-2-3-8-16(15)25-19/h2-9,11H,10H2,1H3,(H,21,22,23). The minimum absolute atomic E-state index is 0.0971. The highest BCUT2D eigenvalue weighted by Crippen LogP contribution is 2.26. The molecule has 0 saturated carbocycles. The second-order valence-electron chi connectivity index (χ2n) is 5.73. The van der Waals surface area contributed by atoms with E-state index >= 15 is 0 Å². The molecule has 124 valence electrons. The van der Waals surface area contributed by atoms with Crippen LogP contribution in [0.1, 0.15) is 11.3 Å². The van der Waals surface area contributed by atoms with Crippen LogP contribution in [0.25, 0.3) is 20.8 Å². The van der Waals surface area contributed by atoms with Gasteiger partial charge in [0, 0.05) is 10.9 Å². The third-order valence-electron chi connectivity index (χ3n) is 3.70. The number of aryl methyl sites for hydroxylation is 1. The highest BCUT2D eigenvalue weighted by molar-refractivity contribution is 7.22. The van der Waals surface area contributed by atoms with Gasteiger partial charge < -0.3 is 5.32 Å². The van der Waals surface area contributed by atoms with Gasteiger partial charge in [-0.05, 0) is 25.1 Å². The molecule has 2 aromatic heterocycles. The SMILES string of the molecule is Cc1cccc(-c2nc(CC(=O)Nc3nc4ccccc4s3)cs2)c1. The Kier molecular flexibility index (Phi) is 4.29. The maximum Gasteiger partial charge on any atom is 0.232 e. The van der Waals surface area contributed by atoms with Gasteiger partial charge in [-0.3, -0.25) is 4.79 Å². The molecule has 1 N–H and O–H groups in total. The Hall–Kier alpha value is -2.57. The molecule has 0 saturated heterocycles. The number of aromatic nitrogens is 2. The van der Waals surface area contributed by atoms with Gasteiger partial charge in [0.05, 0.1) is 22.3 Å². The first-order valence-corrected chi connectivity index (χ1v) is 9.54. The van der Waals surface area contributed by atoms with Crippen LogP contribution >= 0.6 is 22.7 Å². The van der Waals surface area contributed by atoms with E-state index in [2.05, 4.69) is 34.3 Å². The van der Waals surface area contributed by atoms with Gasteiger partial charge in [0.25, 0.3) is 0 Å². The molecule has 0 radical (unpaired) electrons. The molecule has 0 fully saturated rings. The molecule has 6 heteroatoms. The third-order valence-corrected chi connectivity index (χ3v) is 5.59. The summed E-state index contributed by atoms with van der Waals surface area (Å²) in [4.78, 5) is 21.3. The predicted octanol–water partition coefficient (Wildman–Crippen LogP) is 4.91. The van der Waals surface area contributed by atoms with Gasteiger partial charge in [-0.25, -0.2) is 9.97 Å². The fourth-order valence-corrected chi connectivity index (χ4v) is 4.25. The summed E-state index contributed by atoms with van der Waals surface area (Å²) in [5, 5.41) is 6.37. The zero-order valence-corrected chi connectivity index (χ0v) is 15.2. The molecule has 0 unspecified atom stereocenters. The lowest BCUT2D eigenvalue weighted by molar-refractivity contribution is -0.115. The summed E-state index contributed by atoms with van der Waals surface area (Å²) in [5.74, 6) is -0.0971. The predicted molar refractivity (Wildman–Crippen MR) is 104 cm³/mol. The Morgan fingerprint density at radius 3 is 2.84 bits per heavy atom. The number of nitrogens with zero attached hydrogens (tertiary/aromatic N) is 2. The van der Waals surface area contributed by atoms with Gasteiger partial charge >= 0.3 is 0 Å². The van der Waals surface area contributed by atoms with Crippen LogP contribution in [0, 0.1) is 6.92 Å². The molecule has 4 rings (SSSR count). The lowest BCUT2D eigenvalue weighted by Gasteiger charge is -1.99. The van der Waals surface area contributed by atoms with Crippen molar-refractivity contribution in [1.29, 1.82) is 0 Å². The zero-order chi connectivity index (χ0) is 17.2. The van der Waals surface area contributed by atoms with Crippen LogP contribution in [0.2, 0.25) is 0 Å². The second-order valence-corrected chi connectivity index (χ2v) is 7.61. The van der Waals surface area contributed by atoms with E-state index in [0.717, 1.165) is 26.5 Å². The van der Waals surface area contributed by atoms with E-state index in [0.29, 0.717) is 5.13 Å². The minimum Gasteiger partial charge on any atom is -0.302 e. The summed E-state index contributed by atoms with van der Waals surface area (Å²) >= 11 is 3.04. The number of para-hydroxylation sites is 1. The number of hydrogen-bond donors (Lipinski definition) is 1. The normalized spacial score (nSPS) is 10.9. The summed E-state index contributed by atoms with van der Waals surface area (Å²) in [6.45, 7) is 2.06. The van der Waals surface area contributed by atoms with E-state index in [9.17, 15) is 4.79 Å². The Bertz CT molecular complexity index is 1020. The lowest BCUT2D eigenvalue weighted by atomic mass is 10.1. The average molecular weight is 365 g/mol. The molecule has 0 bridgehead atoms. The van der Waals surface area contributed by atoms with E-state index in [1.54, 1.807) is 11.3 Å². The molecule has 0 aliphatic rings. The van der Waals surface area contributed by atoms with Gasteiger partial charge in [-0.2, -0.15) is 0 Å². The second kappa shape index (κ2) is 6.74. The Morgan fingerprint density at radius 2 is 2.00 bits per heavy atom. The molecular formula is C19H15N3OS2. The van der Waals surface area contributed by atoms with Crippen molar-refractivity contribution in [3.05, 3.63) is 65.2 Å². The Labute approximate surface area is 153 Å². The van der Waals surface area contributed by atoms with Crippen molar-refractivity contribution in [1.82, 2.24) is 9.97 Å². The number of carbonyl (C=O) groups excluding carboxylic acids is 1. The molecule has 0 spiro atoms. The van der Waals surface area contributed by atoms with E-state index in [1.165, 1.54) is 16.9 Å². The van der Waals surface area contributed by atoms with Gasteiger partial charge in [0.1, 0.15) is 5.01 Å². The molecular weight excluding hydrogens is 350 g/mol. The number of rotatable bonds is 4. The van der Waals surface area contributed by atoms with Crippen molar-refractivity contribution >= 4 is 43.9 Å². The Balaban J connectivity index is 1.46. The first-order chi connectivity index (χ1) is 12.2. The molecule has 2 heterocycles. The topological polar surface area (TPSA) is 54.9 Å². The Morgan fingerprint density at radius 1 is 1.12 bits per heavy atom. The van der Waals surface area contributed by atoms with Crippen LogP contribution in [-0.4, -0.2) is 15.9 Å². The molecule has 4 aromatic rings. The average Bonchev–Trinajstić information content (AvgIpc) is 3.21. The van der Waals surface area contributed by atoms with Crippen molar-refractivity contribution in [3.8, 4) is 10.6 Å². The van der Waals surface area contributed by atoms with Crippen LogP contribution in [0.15, 0.2) is 53.9 Å². The van der Waals surface area contributed by atoms with Gasteiger partial charge in [0.2, 0.25) is 5.91 Å². The van der Waals surface area contributed by atoms with E-state index in [1.807, 2.05) is 41.8 Å². The molecule has 0 atom stereocenters. The summed E-state index contributed by atoms with van der Waals surface area (Å²) < 4.78 is 1.06. The number of benzene rings is 2. The number of carbonyl (C=O) groups is 1. The summed E-state index contributed by atoms with van der Waals surface area (Å²) in [5.41, 5.74) is 3.96. The number of amides is 1. The molecule has 0 aliphatic heterocycles. The number of nitrogens with one attached hydrogen (secondary N) is 1. The largest absolute Gasteiger partial charge is 0.302 e. The lowest BCUT2D eigenvalue weighted by Crippen LogP contribution is -2.14. The third kappa shape index (κ3) is 3.60. The van der Waals surface area contributed by atoms with E-state index in [4.69, 9.17) is 0 Å². The van der Waals surface area contributed by atoms with Gasteiger partial charge in [0.15, 0.2) is 5.13 Å². The summed E-state index contributed by atoms with van der Waals surface area (Å²) in [6, 6.07) is 16.1. The molecule has 0 aliphatic carbocycles. The van der Waals surface area contributed by atoms with Crippen LogP contribution < -0.4 is 5.32 Å². The molecule has 1 amide bonds. The van der Waals surface area contributed by atoms with Crippen LogP contribution in [0.4, 0.5) is 5.13 Å². The van der Waals surface area contributed by atoms with Crippen molar-refractivity contribution in [2.45, 2.75) is 13.3 Å². The van der Waals surface area contributed by atoms with Crippen molar-refractivity contribution in [2.24, 2.45) is 0 Å². The minimum atomic E-state index is -0.0971. The molecule has 4 nitrogen and oxygen atoms in total. The van der Waals surface area contributed by atoms with Gasteiger partial charge in [-0.1, -0.05) is 47.2 Å². The highest BCUT2D eigenvalue weighted by Gasteiger charge is 2.11. The van der Waals surface area contributed by atoms with E-state index < -0.39 is 0 Å². The van der Waals surface area contributed by atoms with Crippen molar-refractivity contribution < 1.29 is 4.79 Å². The maximum absolute atomic E-state index is 12.3. The summed E-state index contributed by atoms with van der Waals surface area (Å²) in [6.07, 6.45) is 0.248. The highest BCUT2D eigenvalue weighted by atomic mass is 32.1. The quantitative estimate of drug-likeness (QED) is 0.559. The smallest absolute Gasteiger partial charge is 0.232 e. The number of thiazole rings is 2. The molecule has 25 heavy (non-hydrogen) atoms.